The van der Waals surface area contributed by atoms with Gasteiger partial charge < -0.3 is 14.6 Å². The molecule has 0 aromatic heterocycles. The summed E-state index contributed by atoms with van der Waals surface area (Å²) >= 11 is 0. The number of para-hydroxylation sites is 2. The molecule has 15 heavy (non-hydrogen) atoms. The molecule has 0 amide bonds. The Labute approximate surface area is 107 Å². The van der Waals surface area contributed by atoms with Gasteiger partial charge in [-0.25, -0.2) is 0 Å². The van der Waals surface area contributed by atoms with Crippen LogP contribution in [-0.4, -0.2) is 17.5 Å². The summed E-state index contributed by atoms with van der Waals surface area (Å²) in [7, 11) is 0. The van der Waals surface area contributed by atoms with Crippen molar-refractivity contribution in [1.82, 2.24) is 0 Å². The van der Waals surface area contributed by atoms with E-state index in [1.165, 1.54) is 24.3 Å². The van der Waals surface area contributed by atoms with Crippen molar-refractivity contribution in [1.29, 1.82) is 0 Å². The van der Waals surface area contributed by atoms with E-state index in [0.29, 0.717) is 0 Å². The van der Waals surface area contributed by atoms with Gasteiger partial charge in [0.1, 0.15) is 6.61 Å². The Morgan fingerprint density at radius 3 is 2.53 bits per heavy atom. The first kappa shape index (κ1) is 13.9. The number of carbonyl (C=O) groups excluding carboxylic acids is 1. The summed E-state index contributed by atoms with van der Waals surface area (Å²) in [5.41, 5.74) is -0.270. The van der Waals surface area contributed by atoms with Gasteiger partial charge in [0.15, 0.2) is 5.75 Å². The molecular formula is C8H6NNaO5. The number of rotatable bonds is 4. The summed E-state index contributed by atoms with van der Waals surface area (Å²) in [6, 6.07) is 5.52. The number of hydrogen-bond donors (Lipinski definition) is 0. The summed E-state index contributed by atoms with van der Waals surface area (Å²) in [5, 5.41) is 20.5. The van der Waals surface area contributed by atoms with E-state index in [2.05, 4.69) is 4.74 Å². The molecular weight excluding hydrogens is 213 g/mol. The minimum absolute atomic E-state index is 0. The molecule has 7 heteroatoms. The maximum Gasteiger partial charge on any atom is 1.00 e. The molecule has 1 rings (SSSR count). The number of nitrogens with zero attached hydrogens (tertiary/aromatic N) is 1. The Balaban J connectivity index is 0.00000196. The van der Waals surface area contributed by atoms with Crippen molar-refractivity contribution in [2.75, 3.05) is 6.61 Å². The van der Waals surface area contributed by atoms with E-state index < -0.39 is 17.5 Å². The molecule has 0 aliphatic rings. The zero-order valence-corrected chi connectivity index (χ0v) is 10.0. The van der Waals surface area contributed by atoms with Crippen LogP contribution in [0.5, 0.6) is 5.75 Å². The van der Waals surface area contributed by atoms with Gasteiger partial charge in [0.05, 0.1) is 10.9 Å². The van der Waals surface area contributed by atoms with Gasteiger partial charge in [-0.1, -0.05) is 12.1 Å². The SMILES string of the molecule is O=C([O-])COc1ccccc1[N+](=O)[O-].[Na+]. The number of carboxylic acid groups (broad SMARTS) is 1. The van der Waals surface area contributed by atoms with Crippen LogP contribution in [0.15, 0.2) is 24.3 Å². The number of carbonyl (C=O) groups is 1. The van der Waals surface area contributed by atoms with Crippen LogP contribution in [0.4, 0.5) is 5.69 Å². The van der Waals surface area contributed by atoms with E-state index in [-0.39, 0.29) is 41.0 Å². The van der Waals surface area contributed by atoms with Gasteiger partial charge in [0.25, 0.3) is 0 Å². The number of benzene rings is 1. The van der Waals surface area contributed by atoms with Crippen LogP contribution in [0.2, 0.25) is 0 Å². The maximum atomic E-state index is 10.4. The molecule has 0 fully saturated rings. The van der Waals surface area contributed by atoms with Crippen LogP contribution < -0.4 is 39.4 Å². The van der Waals surface area contributed by atoms with Gasteiger partial charge in [-0.15, -0.1) is 0 Å². The molecule has 0 atom stereocenters. The number of carboxylic acids is 1. The topological polar surface area (TPSA) is 92.5 Å². The minimum atomic E-state index is -1.43. The number of nitro groups is 1. The zero-order chi connectivity index (χ0) is 10.6. The summed E-state index contributed by atoms with van der Waals surface area (Å²) in [6.45, 7) is -0.704. The predicted molar refractivity (Wildman–Crippen MR) is 43.6 cm³/mol. The fourth-order valence-electron chi connectivity index (χ4n) is 0.867. The van der Waals surface area contributed by atoms with E-state index in [9.17, 15) is 20.0 Å². The molecule has 0 bridgehead atoms. The third-order valence-corrected chi connectivity index (χ3v) is 1.41. The first-order valence-corrected chi connectivity index (χ1v) is 3.67. The second-order valence-corrected chi connectivity index (χ2v) is 2.39. The standard InChI is InChI=1S/C8H7NO5.Na/c10-8(11)5-14-7-4-2-1-3-6(7)9(12)13;/h1-4H,5H2,(H,10,11);/q;+1/p-1. The van der Waals surface area contributed by atoms with Crippen molar-refractivity contribution in [3.63, 3.8) is 0 Å². The van der Waals surface area contributed by atoms with Crippen LogP contribution in [0, 0.1) is 10.1 Å². The van der Waals surface area contributed by atoms with Crippen molar-refractivity contribution in [2.24, 2.45) is 0 Å². The second kappa shape index (κ2) is 6.39. The molecule has 0 heterocycles. The van der Waals surface area contributed by atoms with Crippen molar-refractivity contribution in [2.45, 2.75) is 0 Å². The van der Waals surface area contributed by atoms with E-state index in [1.807, 2.05) is 0 Å². The summed E-state index contributed by atoms with van der Waals surface area (Å²) in [5.74, 6) is -1.51. The van der Waals surface area contributed by atoms with Crippen molar-refractivity contribution in [3.05, 3.63) is 34.4 Å². The van der Waals surface area contributed by atoms with E-state index >= 15 is 0 Å². The Morgan fingerprint density at radius 1 is 1.40 bits per heavy atom. The summed E-state index contributed by atoms with van der Waals surface area (Å²) in [6.07, 6.45) is 0. The summed E-state index contributed by atoms with van der Waals surface area (Å²) < 4.78 is 4.66. The zero-order valence-electron chi connectivity index (χ0n) is 8.00. The van der Waals surface area contributed by atoms with E-state index in [0.717, 1.165) is 0 Å². The van der Waals surface area contributed by atoms with E-state index in [1.54, 1.807) is 0 Å². The Kier molecular flexibility index (Phi) is 5.92. The number of nitro benzene ring substituents is 1. The monoisotopic (exact) mass is 219 g/mol. The fourth-order valence-corrected chi connectivity index (χ4v) is 0.867. The van der Waals surface area contributed by atoms with Crippen molar-refractivity contribution >= 4 is 11.7 Å². The molecule has 0 saturated heterocycles. The van der Waals surface area contributed by atoms with Crippen LogP contribution >= 0.6 is 0 Å². The number of hydrogen-bond acceptors (Lipinski definition) is 5. The van der Waals surface area contributed by atoms with Crippen molar-refractivity contribution in [3.8, 4) is 5.75 Å². The molecule has 0 radical (unpaired) electrons. The molecule has 74 valence electrons. The van der Waals surface area contributed by atoms with Crippen LogP contribution in [0.1, 0.15) is 0 Å². The van der Waals surface area contributed by atoms with Gasteiger partial charge in [-0.3, -0.25) is 10.1 Å². The van der Waals surface area contributed by atoms with Gasteiger partial charge in [0.2, 0.25) is 0 Å². The largest absolute Gasteiger partial charge is 1.00 e. The number of ether oxygens (including phenoxy) is 1. The smallest absolute Gasteiger partial charge is 0.546 e. The van der Waals surface area contributed by atoms with Crippen molar-refractivity contribution < 1.29 is 49.1 Å². The van der Waals surface area contributed by atoms with Crippen LogP contribution in [0.3, 0.4) is 0 Å². The van der Waals surface area contributed by atoms with Gasteiger partial charge in [-0.05, 0) is 6.07 Å². The predicted octanol–water partition coefficient (Wildman–Crippen LogP) is -3.27. The van der Waals surface area contributed by atoms with Crippen LogP contribution in [-0.2, 0) is 4.79 Å². The quantitative estimate of drug-likeness (QED) is 0.301. The molecule has 0 N–H and O–H groups in total. The van der Waals surface area contributed by atoms with Gasteiger partial charge >= 0.3 is 35.2 Å². The van der Waals surface area contributed by atoms with E-state index in [4.69, 9.17) is 0 Å². The Hall–Kier alpha value is -1.11. The first-order chi connectivity index (χ1) is 6.61. The molecule has 0 saturated carbocycles. The molecule has 0 spiro atoms. The third kappa shape index (κ3) is 4.28. The second-order valence-electron chi connectivity index (χ2n) is 2.39. The Morgan fingerprint density at radius 2 is 2.00 bits per heavy atom. The maximum absolute atomic E-state index is 10.4. The molecule has 1 aromatic rings. The normalized spacial score (nSPS) is 8.80. The van der Waals surface area contributed by atoms with Gasteiger partial charge in [0, 0.05) is 6.07 Å². The fraction of sp³-hybridized carbons (Fsp3) is 0.125. The third-order valence-electron chi connectivity index (χ3n) is 1.41. The summed E-state index contributed by atoms with van der Waals surface area (Å²) in [4.78, 5) is 19.8. The molecule has 6 nitrogen and oxygen atoms in total. The average Bonchev–Trinajstić information content (AvgIpc) is 2.15. The molecule has 0 unspecified atom stereocenters. The number of aliphatic carboxylic acids is 1. The molecule has 0 aliphatic heterocycles. The first-order valence-electron chi connectivity index (χ1n) is 3.67. The molecule has 0 aliphatic carbocycles. The Bertz CT molecular complexity index is 368. The minimum Gasteiger partial charge on any atom is -0.546 e. The average molecular weight is 219 g/mol. The van der Waals surface area contributed by atoms with Crippen LogP contribution in [0.25, 0.3) is 0 Å². The molecule has 1 aromatic carbocycles. The van der Waals surface area contributed by atoms with Gasteiger partial charge in [-0.2, -0.15) is 0 Å².